The van der Waals surface area contributed by atoms with Gasteiger partial charge in [-0.15, -0.1) is 0 Å². The highest BCUT2D eigenvalue weighted by Gasteiger charge is 2.31. The zero-order valence-electron chi connectivity index (χ0n) is 17.2. The van der Waals surface area contributed by atoms with Crippen LogP contribution in [0.5, 0.6) is 0 Å². The molecule has 1 amide bonds. The molecule has 0 spiro atoms. The molecule has 2 N–H and O–H groups in total. The Labute approximate surface area is 188 Å². The summed E-state index contributed by atoms with van der Waals surface area (Å²) in [5.74, 6) is 0.925. The Balaban J connectivity index is 1.35. The molecule has 174 valence electrons. The number of aromatic amines is 1. The second-order valence-corrected chi connectivity index (χ2v) is 7.20. The Bertz CT molecular complexity index is 1420. The van der Waals surface area contributed by atoms with E-state index < -0.39 is 17.6 Å². The van der Waals surface area contributed by atoms with Gasteiger partial charge in [0.05, 0.1) is 29.4 Å². The van der Waals surface area contributed by atoms with E-state index in [0.717, 1.165) is 12.1 Å². The minimum atomic E-state index is -4.52. The Hall–Kier alpha value is -4.49. The lowest BCUT2D eigenvalue weighted by atomic mass is 10.2. The maximum Gasteiger partial charge on any atom is 0.416 e. The number of furan rings is 1. The lowest BCUT2D eigenvalue weighted by Crippen LogP contribution is -2.16. The Morgan fingerprint density at radius 1 is 1.21 bits per heavy atom. The van der Waals surface area contributed by atoms with E-state index in [-0.39, 0.29) is 42.6 Å². The summed E-state index contributed by atoms with van der Waals surface area (Å²) >= 11 is 0. The fourth-order valence-electron chi connectivity index (χ4n) is 3.29. The van der Waals surface area contributed by atoms with Crippen molar-refractivity contribution in [3.05, 3.63) is 60.1 Å². The predicted molar refractivity (Wildman–Crippen MR) is 109 cm³/mol. The number of nitrogens with one attached hydrogen (secondary N) is 2. The van der Waals surface area contributed by atoms with Crippen molar-refractivity contribution in [2.45, 2.75) is 25.6 Å². The van der Waals surface area contributed by atoms with Gasteiger partial charge in [0.2, 0.25) is 23.6 Å². The van der Waals surface area contributed by atoms with E-state index in [4.69, 9.17) is 8.94 Å². The zero-order valence-corrected chi connectivity index (χ0v) is 17.2. The van der Waals surface area contributed by atoms with Crippen LogP contribution in [0.2, 0.25) is 0 Å². The van der Waals surface area contributed by atoms with Gasteiger partial charge in [0, 0.05) is 12.8 Å². The van der Waals surface area contributed by atoms with Crippen LogP contribution < -0.4 is 5.32 Å². The number of amides is 1. The van der Waals surface area contributed by atoms with Crippen LogP contribution in [0.1, 0.15) is 23.6 Å². The number of aromatic nitrogens is 7. The number of H-pyrrole nitrogens is 1. The van der Waals surface area contributed by atoms with E-state index in [0.29, 0.717) is 17.1 Å². The third-order valence-corrected chi connectivity index (χ3v) is 4.88. The number of halogens is 3. The number of hydrogen-bond acceptors (Lipinski definition) is 8. The van der Waals surface area contributed by atoms with Gasteiger partial charge in [-0.25, -0.2) is 9.97 Å². The van der Waals surface area contributed by atoms with E-state index in [2.05, 4.69) is 35.6 Å². The van der Waals surface area contributed by atoms with Crippen LogP contribution in [0.4, 0.5) is 19.1 Å². The fourth-order valence-corrected chi connectivity index (χ4v) is 3.29. The second kappa shape index (κ2) is 8.46. The summed E-state index contributed by atoms with van der Waals surface area (Å²) in [6, 6.07) is 6.62. The molecule has 0 bridgehead atoms. The molecule has 0 aliphatic carbocycles. The summed E-state index contributed by atoms with van der Waals surface area (Å²) in [5, 5.41) is 12.7. The van der Waals surface area contributed by atoms with Crippen molar-refractivity contribution >= 4 is 22.9 Å². The van der Waals surface area contributed by atoms with Gasteiger partial charge in [0.1, 0.15) is 12.1 Å². The fraction of sp³-hybridized carbons (Fsp3) is 0.200. The standard InChI is InChI=1S/C20H15F3N8O3/c21-20(22,23)11-3-4-14-13(8-11)26-19(31(14)9-12-2-1-7-33-12)27-15(32)5-6-16-28-18(30-34-16)17-24-10-25-29-17/h1-4,7-8,10H,5-6,9H2,(H,24,25,29)(H,26,27,32). The van der Waals surface area contributed by atoms with Crippen LogP contribution in [0.15, 0.2) is 51.9 Å². The number of imidazole rings is 1. The van der Waals surface area contributed by atoms with Crippen molar-refractivity contribution in [2.24, 2.45) is 0 Å². The van der Waals surface area contributed by atoms with Gasteiger partial charge in [-0.05, 0) is 30.3 Å². The Morgan fingerprint density at radius 3 is 2.82 bits per heavy atom. The van der Waals surface area contributed by atoms with Gasteiger partial charge in [-0.3, -0.25) is 15.2 Å². The van der Waals surface area contributed by atoms with Crippen LogP contribution in [-0.2, 0) is 23.9 Å². The van der Waals surface area contributed by atoms with Gasteiger partial charge in [-0.1, -0.05) is 5.16 Å². The van der Waals surface area contributed by atoms with E-state index in [1.54, 1.807) is 16.7 Å². The molecule has 1 aromatic carbocycles. The van der Waals surface area contributed by atoms with E-state index >= 15 is 0 Å². The molecule has 5 aromatic rings. The van der Waals surface area contributed by atoms with Gasteiger partial charge in [0.15, 0.2) is 5.82 Å². The quantitative estimate of drug-likeness (QED) is 0.367. The van der Waals surface area contributed by atoms with Crippen LogP contribution >= 0.6 is 0 Å². The summed E-state index contributed by atoms with van der Waals surface area (Å²) in [6.45, 7) is 0.161. The molecule has 0 saturated heterocycles. The molecule has 0 aliphatic heterocycles. The van der Waals surface area contributed by atoms with Crippen LogP contribution in [0.25, 0.3) is 22.7 Å². The normalized spacial score (nSPS) is 11.9. The average Bonchev–Trinajstić information content (AvgIpc) is 3.59. The number of rotatable bonds is 7. The van der Waals surface area contributed by atoms with E-state index in [1.165, 1.54) is 18.7 Å². The summed E-state index contributed by atoms with van der Waals surface area (Å²) < 4.78 is 51.5. The highest BCUT2D eigenvalue weighted by atomic mass is 19.4. The number of hydrogen-bond donors (Lipinski definition) is 2. The van der Waals surface area contributed by atoms with Crippen molar-refractivity contribution in [1.82, 2.24) is 34.9 Å². The van der Waals surface area contributed by atoms with Crippen molar-refractivity contribution in [3.63, 3.8) is 0 Å². The Kier molecular flexibility index (Phi) is 5.31. The highest BCUT2D eigenvalue weighted by molar-refractivity contribution is 5.91. The first kappa shape index (κ1) is 21.4. The summed E-state index contributed by atoms with van der Waals surface area (Å²) in [5.41, 5.74) is -0.335. The zero-order chi connectivity index (χ0) is 23.7. The van der Waals surface area contributed by atoms with Gasteiger partial charge < -0.3 is 13.5 Å². The maximum atomic E-state index is 13.1. The lowest BCUT2D eigenvalue weighted by Gasteiger charge is -2.09. The number of carbonyl (C=O) groups excluding carboxylic acids is 1. The van der Waals surface area contributed by atoms with E-state index in [1.807, 2.05) is 0 Å². The highest BCUT2D eigenvalue weighted by Crippen LogP contribution is 2.32. The summed E-state index contributed by atoms with van der Waals surface area (Å²) in [4.78, 5) is 24.9. The molecular formula is C20H15F3N8O3. The Morgan fingerprint density at radius 2 is 2.09 bits per heavy atom. The van der Waals surface area contributed by atoms with Crippen molar-refractivity contribution in [1.29, 1.82) is 0 Å². The number of carbonyl (C=O) groups is 1. The number of nitrogens with zero attached hydrogens (tertiary/aromatic N) is 6. The second-order valence-electron chi connectivity index (χ2n) is 7.20. The first-order valence-corrected chi connectivity index (χ1v) is 9.95. The molecule has 34 heavy (non-hydrogen) atoms. The van der Waals surface area contributed by atoms with Gasteiger partial charge in [0.25, 0.3) is 0 Å². The molecule has 0 unspecified atom stereocenters. The first-order valence-electron chi connectivity index (χ1n) is 9.95. The third-order valence-electron chi connectivity index (χ3n) is 4.88. The van der Waals surface area contributed by atoms with E-state index in [9.17, 15) is 18.0 Å². The SMILES string of the molecule is O=C(CCc1nc(-c2ncn[nH]2)no1)Nc1nc2cc(C(F)(F)F)ccc2n1Cc1ccco1. The average molecular weight is 472 g/mol. The molecular weight excluding hydrogens is 457 g/mol. The van der Waals surface area contributed by atoms with Crippen molar-refractivity contribution < 1.29 is 26.9 Å². The summed E-state index contributed by atoms with van der Waals surface area (Å²) in [7, 11) is 0. The largest absolute Gasteiger partial charge is 0.467 e. The summed E-state index contributed by atoms with van der Waals surface area (Å²) in [6.07, 6.45) is -1.65. The molecule has 11 nitrogen and oxygen atoms in total. The molecule has 0 atom stereocenters. The topological polar surface area (TPSA) is 141 Å². The molecule has 14 heteroatoms. The van der Waals surface area contributed by atoms with Gasteiger partial charge >= 0.3 is 6.18 Å². The maximum absolute atomic E-state index is 13.1. The van der Waals surface area contributed by atoms with Gasteiger partial charge in [-0.2, -0.15) is 23.3 Å². The lowest BCUT2D eigenvalue weighted by molar-refractivity contribution is -0.137. The number of fused-ring (bicyclic) bond motifs is 1. The van der Waals surface area contributed by atoms with Crippen LogP contribution in [0.3, 0.4) is 0 Å². The number of benzene rings is 1. The van der Waals surface area contributed by atoms with Crippen molar-refractivity contribution in [3.8, 4) is 11.6 Å². The number of anilines is 1. The molecule has 0 radical (unpaired) electrons. The molecule has 0 aliphatic rings. The minimum Gasteiger partial charge on any atom is -0.467 e. The van der Waals surface area contributed by atoms with Crippen LogP contribution in [-0.4, -0.2) is 40.8 Å². The monoisotopic (exact) mass is 472 g/mol. The van der Waals surface area contributed by atoms with Crippen LogP contribution in [0, 0.1) is 0 Å². The number of alkyl halides is 3. The third kappa shape index (κ3) is 4.37. The van der Waals surface area contributed by atoms with Crippen molar-refractivity contribution in [2.75, 3.05) is 5.32 Å². The first-order chi connectivity index (χ1) is 16.4. The molecule has 5 rings (SSSR count). The molecule has 4 heterocycles. The number of aryl methyl sites for hydroxylation is 1. The molecule has 0 saturated carbocycles. The minimum absolute atomic E-state index is 0.0319. The molecule has 4 aromatic heterocycles. The predicted octanol–water partition coefficient (Wildman–Crippen LogP) is 3.44. The smallest absolute Gasteiger partial charge is 0.416 e. The molecule has 0 fully saturated rings.